The Balaban J connectivity index is 1.42. The predicted octanol–water partition coefficient (Wildman–Crippen LogP) is 5.28. The first-order valence-electron chi connectivity index (χ1n) is 10.9. The Kier molecular flexibility index (Phi) is 6.64. The van der Waals surface area contributed by atoms with Crippen LogP contribution in [-0.2, 0) is 0 Å². The third kappa shape index (κ3) is 5.35. The van der Waals surface area contributed by atoms with E-state index in [1.54, 1.807) is 18.2 Å². The zero-order valence-corrected chi connectivity index (χ0v) is 18.9. The van der Waals surface area contributed by atoms with Crippen molar-refractivity contribution in [2.45, 2.75) is 20.8 Å². The molecule has 0 aliphatic heterocycles. The summed E-state index contributed by atoms with van der Waals surface area (Å²) in [6.07, 6.45) is 0. The number of nitrogens with one attached hydrogen (secondary N) is 2. The van der Waals surface area contributed by atoms with Crippen LogP contribution >= 0.6 is 0 Å². The van der Waals surface area contributed by atoms with Crippen LogP contribution < -0.4 is 15.5 Å². The van der Waals surface area contributed by atoms with E-state index >= 15 is 0 Å². The number of aromatic nitrogens is 3. The maximum Gasteiger partial charge on any atom is 0.277 e. The molecule has 2 aromatic heterocycles. The minimum atomic E-state index is -0.340. The number of nitrogens with zero attached hydrogens (tertiary/aromatic N) is 4. The van der Waals surface area contributed by atoms with Crippen LogP contribution in [0.25, 0.3) is 11.3 Å². The van der Waals surface area contributed by atoms with Gasteiger partial charge in [0.1, 0.15) is 5.82 Å². The quantitative estimate of drug-likeness (QED) is 0.383. The molecule has 0 aliphatic rings. The first kappa shape index (κ1) is 22.0. The van der Waals surface area contributed by atoms with Crippen LogP contribution in [0.2, 0.25) is 0 Å². The summed E-state index contributed by atoms with van der Waals surface area (Å²) in [5, 5.41) is 9.96. The molecule has 2 N–H and O–H groups in total. The standard InChI is InChI=1S/C25H26N6O2/c1-4-31(5-2)23-15-17(3)26-25(29-23)28-20-13-11-19(12-14-20)27-24(32)21-16-22(33-30-21)18-9-7-6-8-10-18/h6-16H,4-5H2,1-3H3,(H,27,32)(H,26,28,29). The second-order valence-corrected chi connectivity index (χ2v) is 7.46. The Morgan fingerprint density at radius 2 is 1.64 bits per heavy atom. The van der Waals surface area contributed by atoms with Gasteiger partial charge in [-0.05, 0) is 45.0 Å². The average molecular weight is 443 g/mol. The van der Waals surface area contributed by atoms with Gasteiger partial charge in [-0.25, -0.2) is 4.98 Å². The monoisotopic (exact) mass is 442 g/mol. The number of amides is 1. The van der Waals surface area contributed by atoms with Gasteiger partial charge in [0.25, 0.3) is 5.91 Å². The molecular weight excluding hydrogens is 416 g/mol. The minimum absolute atomic E-state index is 0.216. The Morgan fingerprint density at radius 3 is 2.33 bits per heavy atom. The number of rotatable bonds is 8. The maximum atomic E-state index is 12.6. The van der Waals surface area contributed by atoms with E-state index in [1.807, 2.05) is 55.5 Å². The van der Waals surface area contributed by atoms with E-state index in [9.17, 15) is 4.79 Å². The van der Waals surface area contributed by atoms with Gasteiger partial charge in [0.05, 0.1) is 0 Å². The van der Waals surface area contributed by atoms with E-state index in [2.05, 4.69) is 44.5 Å². The molecule has 8 heteroatoms. The minimum Gasteiger partial charge on any atom is -0.357 e. The number of carbonyl (C=O) groups excluding carboxylic acids is 1. The van der Waals surface area contributed by atoms with Crippen LogP contribution in [0.1, 0.15) is 30.0 Å². The number of hydrogen-bond donors (Lipinski definition) is 2. The largest absolute Gasteiger partial charge is 0.357 e. The molecule has 33 heavy (non-hydrogen) atoms. The molecule has 4 aromatic rings. The van der Waals surface area contributed by atoms with Crippen LogP contribution in [0.5, 0.6) is 0 Å². The fourth-order valence-corrected chi connectivity index (χ4v) is 3.40. The van der Waals surface area contributed by atoms with Crippen LogP contribution in [0.15, 0.2) is 71.3 Å². The number of anilines is 4. The van der Waals surface area contributed by atoms with Gasteiger partial charge in [-0.3, -0.25) is 4.79 Å². The summed E-state index contributed by atoms with van der Waals surface area (Å²) in [6, 6.07) is 20.5. The molecule has 2 aromatic carbocycles. The molecule has 0 spiro atoms. The first-order valence-corrected chi connectivity index (χ1v) is 10.9. The van der Waals surface area contributed by atoms with Crippen LogP contribution in [0.3, 0.4) is 0 Å². The van der Waals surface area contributed by atoms with Gasteiger partial charge in [-0.2, -0.15) is 4.98 Å². The molecule has 0 atom stereocenters. The highest BCUT2D eigenvalue weighted by molar-refractivity contribution is 6.03. The number of hydrogen-bond acceptors (Lipinski definition) is 7. The van der Waals surface area contributed by atoms with E-state index in [1.165, 1.54) is 0 Å². The van der Waals surface area contributed by atoms with Crippen molar-refractivity contribution in [2.75, 3.05) is 28.6 Å². The highest BCUT2D eigenvalue weighted by Gasteiger charge is 2.14. The summed E-state index contributed by atoms with van der Waals surface area (Å²) in [6.45, 7) is 7.90. The second-order valence-electron chi connectivity index (χ2n) is 7.46. The third-order valence-corrected chi connectivity index (χ3v) is 5.13. The van der Waals surface area contributed by atoms with Crippen molar-refractivity contribution >= 4 is 29.0 Å². The number of benzene rings is 2. The number of carbonyl (C=O) groups is 1. The smallest absolute Gasteiger partial charge is 0.277 e. The summed E-state index contributed by atoms with van der Waals surface area (Å²) >= 11 is 0. The lowest BCUT2D eigenvalue weighted by Crippen LogP contribution is -2.23. The zero-order valence-electron chi connectivity index (χ0n) is 18.9. The lowest BCUT2D eigenvalue weighted by atomic mass is 10.1. The fourth-order valence-electron chi connectivity index (χ4n) is 3.40. The highest BCUT2D eigenvalue weighted by Crippen LogP contribution is 2.22. The summed E-state index contributed by atoms with van der Waals surface area (Å²) in [4.78, 5) is 23.8. The van der Waals surface area contributed by atoms with E-state index in [4.69, 9.17) is 4.52 Å². The van der Waals surface area contributed by atoms with Crippen molar-refractivity contribution in [1.29, 1.82) is 0 Å². The van der Waals surface area contributed by atoms with Gasteiger partial charge < -0.3 is 20.1 Å². The topological polar surface area (TPSA) is 96.2 Å². The Labute approximate surface area is 192 Å². The van der Waals surface area contributed by atoms with Crippen LogP contribution in [0, 0.1) is 6.92 Å². The number of aryl methyl sites for hydroxylation is 1. The van der Waals surface area contributed by atoms with Gasteiger partial charge in [0.15, 0.2) is 11.5 Å². The van der Waals surface area contributed by atoms with Gasteiger partial charge >= 0.3 is 0 Å². The van der Waals surface area contributed by atoms with Crippen molar-refractivity contribution < 1.29 is 9.32 Å². The molecule has 0 saturated carbocycles. The Morgan fingerprint density at radius 1 is 0.939 bits per heavy atom. The first-order chi connectivity index (χ1) is 16.1. The average Bonchev–Trinajstić information content (AvgIpc) is 3.32. The molecular formula is C25H26N6O2. The van der Waals surface area contributed by atoms with E-state index in [0.29, 0.717) is 17.4 Å². The predicted molar refractivity (Wildman–Crippen MR) is 130 cm³/mol. The van der Waals surface area contributed by atoms with E-state index in [-0.39, 0.29) is 11.6 Å². The summed E-state index contributed by atoms with van der Waals surface area (Å²) in [5.74, 6) is 1.63. The van der Waals surface area contributed by atoms with Crippen molar-refractivity contribution in [3.63, 3.8) is 0 Å². The van der Waals surface area contributed by atoms with E-state index in [0.717, 1.165) is 35.9 Å². The molecule has 0 radical (unpaired) electrons. The lowest BCUT2D eigenvalue weighted by Gasteiger charge is -2.20. The summed E-state index contributed by atoms with van der Waals surface area (Å²) in [5.41, 5.74) is 3.43. The molecule has 8 nitrogen and oxygen atoms in total. The molecule has 0 bridgehead atoms. The van der Waals surface area contributed by atoms with Crippen molar-refractivity contribution in [2.24, 2.45) is 0 Å². The maximum absolute atomic E-state index is 12.6. The zero-order chi connectivity index (χ0) is 23.2. The SMILES string of the molecule is CCN(CC)c1cc(C)nc(Nc2ccc(NC(=O)c3cc(-c4ccccc4)on3)cc2)n1. The van der Waals surface area contributed by atoms with Gasteiger partial charge in [-0.1, -0.05) is 35.5 Å². The molecule has 0 aliphatic carbocycles. The van der Waals surface area contributed by atoms with Gasteiger partial charge in [0, 0.05) is 47.9 Å². The summed E-state index contributed by atoms with van der Waals surface area (Å²) < 4.78 is 5.31. The second kappa shape index (κ2) is 9.95. The van der Waals surface area contributed by atoms with Crippen LogP contribution in [0.4, 0.5) is 23.1 Å². The van der Waals surface area contributed by atoms with Crippen molar-refractivity contribution in [3.8, 4) is 11.3 Å². The Bertz CT molecular complexity index is 1220. The normalized spacial score (nSPS) is 10.6. The van der Waals surface area contributed by atoms with Gasteiger partial charge in [-0.15, -0.1) is 0 Å². The highest BCUT2D eigenvalue weighted by atomic mass is 16.5. The molecule has 1 amide bonds. The van der Waals surface area contributed by atoms with Crippen LogP contribution in [-0.4, -0.2) is 34.1 Å². The molecule has 2 heterocycles. The van der Waals surface area contributed by atoms with E-state index < -0.39 is 0 Å². The van der Waals surface area contributed by atoms with Crippen molar-refractivity contribution in [1.82, 2.24) is 15.1 Å². The van der Waals surface area contributed by atoms with Gasteiger partial charge in [0.2, 0.25) is 5.95 Å². The molecule has 168 valence electrons. The molecule has 0 unspecified atom stereocenters. The third-order valence-electron chi connectivity index (χ3n) is 5.13. The molecule has 4 rings (SSSR count). The molecule has 0 saturated heterocycles. The fraction of sp³-hybridized carbons (Fsp3) is 0.200. The Hall–Kier alpha value is -4.20. The molecule has 0 fully saturated rings. The van der Waals surface area contributed by atoms with Crippen molar-refractivity contribution in [3.05, 3.63) is 78.1 Å². The lowest BCUT2D eigenvalue weighted by molar-refractivity contribution is 0.101. The summed E-state index contributed by atoms with van der Waals surface area (Å²) in [7, 11) is 0.